The second-order valence-corrected chi connectivity index (χ2v) is 5.48. The topological polar surface area (TPSA) is 58.6 Å². The summed E-state index contributed by atoms with van der Waals surface area (Å²) in [5, 5.41) is 3.22. The third-order valence-electron chi connectivity index (χ3n) is 4.13. The average Bonchev–Trinajstić information content (AvgIpc) is 3.21. The van der Waals surface area contributed by atoms with Crippen LogP contribution in [0.15, 0.2) is 24.3 Å². The number of hydrogen-bond acceptors (Lipinski definition) is 4. The number of ether oxygens (including phenoxy) is 1. The molecule has 2 fully saturated rings. The van der Waals surface area contributed by atoms with E-state index in [0.29, 0.717) is 5.56 Å². The van der Waals surface area contributed by atoms with Gasteiger partial charge in [0.2, 0.25) is 5.91 Å². The van der Waals surface area contributed by atoms with Gasteiger partial charge < -0.3 is 9.64 Å². The predicted octanol–water partition coefficient (Wildman–Crippen LogP) is 1.35. The lowest BCUT2D eigenvalue weighted by Crippen LogP contribution is -2.34. The number of carbonyl (C=O) groups excluding carboxylic acids is 2. The van der Waals surface area contributed by atoms with Crippen LogP contribution in [0.5, 0.6) is 0 Å². The lowest BCUT2D eigenvalue weighted by Gasteiger charge is -2.24. The Balaban J connectivity index is 1.85. The summed E-state index contributed by atoms with van der Waals surface area (Å²) in [7, 11) is 1.31. The first-order valence-corrected chi connectivity index (χ1v) is 6.97. The molecule has 21 heavy (non-hydrogen) atoms. The predicted molar refractivity (Wildman–Crippen MR) is 72.6 cm³/mol. The number of methoxy groups -OCH3 is 1. The van der Waals surface area contributed by atoms with Crippen LogP contribution in [-0.2, 0) is 14.3 Å². The van der Waals surface area contributed by atoms with Gasteiger partial charge in [0.25, 0.3) is 0 Å². The van der Waals surface area contributed by atoms with Crippen LogP contribution in [0.3, 0.4) is 0 Å². The van der Waals surface area contributed by atoms with Crippen LogP contribution in [0.2, 0.25) is 0 Å². The summed E-state index contributed by atoms with van der Waals surface area (Å²) in [6.07, 6.45) is 1.09. The third kappa shape index (κ3) is 2.40. The maximum Gasteiger partial charge on any atom is 0.307 e. The number of halogens is 1. The van der Waals surface area contributed by atoms with E-state index in [1.807, 2.05) is 0 Å². The van der Waals surface area contributed by atoms with Crippen molar-refractivity contribution in [1.82, 2.24) is 10.2 Å². The molecule has 1 spiro atoms. The van der Waals surface area contributed by atoms with Gasteiger partial charge >= 0.3 is 5.97 Å². The summed E-state index contributed by atoms with van der Waals surface area (Å²) in [4.78, 5) is 25.3. The molecule has 2 aliphatic rings. The van der Waals surface area contributed by atoms with E-state index in [2.05, 4.69) is 10.1 Å². The SMILES string of the molecule is COC(=O)CCN1C(=O)C2(CC2)NC1c1ccccc1F. The molecule has 112 valence electrons. The molecule has 1 aliphatic carbocycles. The van der Waals surface area contributed by atoms with E-state index in [1.54, 1.807) is 23.1 Å². The Morgan fingerprint density at radius 1 is 1.48 bits per heavy atom. The van der Waals surface area contributed by atoms with Crippen molar-refractivity contribution in [2.24, 2.45) is 0 Å². The highest BCUT2D eigenvalue weighted by atomic mass is 19.1. The first-order valence-electron chi connectivity index (χ1n) is 6.97. The van der Waals surface area contributed by atoms with E-state index in [-0.39, 0.29) is 30.7 Å². The second kappa shape index (κ2) is 5.11. The zero-order chi connectivity index (χ0) is 15.0. The molecule has 6 heteroatoms. The van der Waals surface area contributed by atoms with Gasteiger partial charge in [-0.25, -0.2) is 4.39 Å². The van der Waals surface area contributed by atoms with Crippen LogP contribution in [0.1, 0.15) is 31.0 Å². The molecule has 1 atom stereocenters. The van der Waals surface area contributed by atoms with Gasteiger partial charge in [0.15, 0.2) is 0 Å². The van der Waals surface area contributed by atoms with Crippen molar-refractivity contribution in [3.8, 4) is 0 Å². The number of hydrogen-bond donors (Lipinski definition) is 1. The van der Waals surface area contributed by atoms with E-state index in [4.69, 9.17) is 0 Å². The van der Waals surface area contributed by atoms with E-state index in [0.717, 1.165) is 12.8 Å². The van der Waals surface area contributed by atoms with Gasteiger partial charge in [-0.3, -0.25) is 14.9 Å². The average molecular weight is 292 g/mol. The maximum atomic E-state index is 14.0. The molecule has 5 nitrogen and oxygen atoms in total. The largest absolute Gasteiger partial charge is 0.469 e. The number of rotatable bonds is 4. The molecule has 1 saturated carbocycles. The summed E-state index contributed by atoms with van der Waals surface area (Å²) in [6, 6.07) is 6.38. The zero-order valence-electron chi connectivity index (χ0n) is 11.8. The number of nitrogens with zero attached hydrogens (tertiary/aromatic N) is 1. The van der Waals surface area contributed by atoms with Gasteiger partial charge in [-0.15, -0.1) is 0 Å². The molecule has 0 aromatic heterocycles. The highest BCUT2D eigenvalue weighted by Gasteiger charge is 2.59. The summed E-state index contributed by atoms with van der Waals surface area (Å²) < 4.78 is 18.6. The highest BCUT2D eigenvalue weighted by Crippen LogP contribution is 2.46. The lowest BCUT2D eigenvalue weighted by molar-refractivity contribution is -0.141. The van der Waals surface area contributed by atoms with Crippen LogP contribution >= 0.6 is 0 Å². The van der Waals surface area contributed by atoms with Crippen molar-refractivity contribution in [3.05, 3.63) is 35.6 Å². The Labute approximate surface area is 122 Å². The summed E-state index contributed by atoms with van der Waals surface area (Å²) >= 11 is 0. The fourth-order valence-electron chi connectivity index (χ4n) is 2.76. The van der Waals surface area contributed by atoms with Gasteiger partial charge in [0, 0.05) is 12.1 Å². The number of amides is 1. The Hall–Kier alpha value is -1.95. The molecular formula is C15H17FN2O3. The summed E-state index contributed by atoms with van der Waals surface area (Å²) in [5.41, 5.74) is -0.122. The number of nitrogens with one attached hydrogen (secondary N) is 1. The molecule has 0 radical (unpaired) electrons. The molecule has 1 N–H and O–H groups in total. The first-order chi connectivity index (χ1) is 10.1. The van der Waals surface area contributed by atoms with E-state index < -0.39 is 11.7 Å². The van der Waals surface area contributed by atoms with Crippen LogP contribution in [0, 0.1) is 5.82 Å². The van der Waals surface area contributed by atoms with Gasteiger partial charge in [-0.2, -0.15) is 0 Å². The van der Waals surface area contributed by atoms with Crippen molar-refractivity contribution < 1.29 is 18.7 Å². The van der Waals surface area contributed by atoms with E-state index in [9.17, 15) is 14.0 Å². The summed E-state index contributed by atoms with van der Waals surface area (Å²) in [6.45, 7) is 0.221. The molecule has 1 aromatic carbocycles. The molecular weight excluding hydrogens is 275 g/mol. The Bertz CT molecular complexity index is 586. The van der Waals surface area contributed by atoms with Gasteiger partial charge in [0.05, 0.1) is 13.5 Å². The van der Waals surface area contributed by atoms with Crippen LogP contribution in [0.25, 0.3) is 0 Å². The minimum Gasteiger partial charge on any atom is -0.469 e. The monoisotopic (exact) mass is 292 g/mol. The molecule has 1 heterocycles. The second-order valence-electron chi connectivity index (χ2n) is 5.48. The lowest BCUT2D eigenvalue weighted by atomic mass is 10.1. The molecule has 1 saturated heterocycles. The number of carbonyl (C=O) groups is 2. The molecule has 1 aromatic rings. The van der Waals surface area contributed by atoms with Gasteiger partial charge in [0.1, 0.15) is 17.5 Å². The first kappa shape index (κ1) is 14.0. The van der Waals surface area contributed by atoms with E-state index >= 15 is 0 Å². The third-order valence-corrected chi connectivity index (χ3v) is 4.13. The van der Waals surface area contributed by atoms with Gasteiger partial charge in [-0.05, 0) is 18.9 Å². The number of esters is 1. The quantitative estimate of drug-likeness (QED) is 0.851. The van der Waals surface area contributed by atoms with Crippen molar-refractivity contribution in [2.75, 3.05) is 13.7 Å². The molecule has 0 bridgehead atoms. The Morgan fingerprint density at radius 2 is 2.19 bits per heavy atom. The fourth-order valence-corrected chi connectivity index (χ4v) is 2.76. The normalized spacial score (nSPS) is 22.7. The summed E-state index contributed by atoms with van der Waals surface area (Å²) in [5.74, 6) is -0.796. The van der Waals surface area contributed by atoms with Crippen LogP contribution in [-0.4, -0.2) is 36.0 Å². The molecule has 3 rings (SSSR count). The Kier molecular flexibility index (Phi) is 3.41. The fraction of sp³-hybridized carbons (Fsp3) is 0.467. The Morgan fingerprint density at radius 3 is 2.81 bits per heavy atom. The zero-order valence-corrected chi connectivity index (χ0v) is 11.8. The molecule has 1 unspecified atom stereocenters. The minimum absolute atomic E-state index is 0.0559. The number of benzene rings is 1. The van der Waals surface area contributed by atoms with Crippen molar-refractivity contribution in [1.29, 1.82) is 0 Å². The minimum atomic E-state index is -0.553. The van der Waals surface area contributed by atoms with Crippen molar-refractivity contribution >= 4 is 11.9 Å². The van der Waals surface area contributed by atoms with Crippen LogP contribution < -0.4 is 5.32 Å². The smallest absolute Gasteiger partial charge is 0.307 e. The van der Waals surface area contributed by atoms with Crippen molar-refractivity contribution in [3.63, 3.8) is 0 Å². The standard InChI is InChI=1S/C15H17FN2O3/c1-21-12(19)6-9-18-13(10-4-2-3-5-11(10)16)17-15(7-8-15)14(18)20/h2-5,13,17H,6-9H2,1H3. The van der Waals surface area contributed by atoms with Gasteiger partial charge in [-0.1, -0.05) is 18.2 Å². The van der Waals surface area contributed by atoms with E-state index in [1.165, 1.54) is 13.2 Å². The maximum absolute atomic E-state index is 14.0. The molecule has 1 amide bonds. The van der Waals surface area contributed by atoms with Crippen LogP contribution in [0.4, 0.5) is 4.39 Å². The van der Waals surface area contributed by atoms with Crippen molar-refractivity contribution in [2.45, 2.75) is 31.0 Å². The molecule has 1 aliphatic heterocycles. The highest BCUT2D eigenvalue weighted by molar-refractivity contribution is 5.92.